The number of anilines is 1. The second kappa shape index (κ2) is 7.20. The van der Waals surface area contributed by atoms with Crippen molar-refractivity contribution in [2.45, 2.75) is 0 Å². The minimum atomic E-state index is -0.0259. The summed E-state index contributed by atoms with van der Waals surface area (Å²) in [5.74, 6) is -0.0259. The van der Waals surface area contributed by atoms with Gasteiger partial charge in [-0.1, -0.05) is 11.6 Å². The molecular weight excluding hydrogens is 254 g/mol. The SMILES string of the molecule is COCCN(CCO)c1cc(Cl)ccc1C(=N)N. The highest BCUT2D eigenvalue weighted by molar-refractivity contribution is 6.31. The highest BCUT2D eigenvalue weighted by atomic mass is 35.5. The number of nitrogens with two attached hydrogens (primary N) is 1. The fourth-order valence-corrected chi connectivity index (χ4v) is 1.84. The van der Waals surface area contributed by atoms with Crippen molar-refractivity contribution in [2.24, 2.45) is 5.73 Å². The molecule has 5 nitrogen and oxygen atoms in total. The summed E-state index contributed by atoms with van der Waals surface area (Å²) >= 11 is 5.97. The number of halogens is 1. The monoisotopic (exact) mass is 271 g/mol. The highest BCUT2D eigenvalue weighted by Gasteiger charge is 2.13. The van der Waals surface area contributed by atoms with Crippen LogP contribution in [0, 0.1) is 5.41 Å². The lowest BCUT2D eigenvalue weighted by Crippen LogP contribution is -2.32. The Balaban J connectivity index is 3.07. The first-order chi connectivity index (χ1) is 8.60. The van der Waals surface area contributed by atoms with E-state index in [1.807, 2.05) is 4.90 Å². The molecule has 0 aromatic heterocycles. The maximum atomic E-state index is 9.10. The van der Waals surface area contributed by atoms with Crippen molar-refractivity contribution in [1.29, 1.82) is 5.41 Å². The lowest BCUT2D eigenvalue weighted by molar-refractivity contribution is 0.203. The molecule has 0 spiro atoms. The summed E-state index contributed by atoms with van der Waals surface area (Å²) in [5, 5.41) is 17.2. The summed E-state index contributed by atoms with van der Waals surface area (Å²) in [7, 11) is 1.61. The molecule has 0 unspecified atom stereocenters. The molecule has 1 aromatic carbocycles. The Hall–Kier alpha value is -1.30. The van der Waals surface area contributed by atoms with Gasteiger partial charge in [0.15, 0.2) is 0 Å². The summed E-state index contributed by atoms with van der Waals surface area (Å²) in [5.41, 5.74) is 6.89. The zero-order chi connectivity index (χ0) is 13.5. The van der Waals surface area contributed by atoms with E-state index in [1.165, 1.54) is 0 Å². The van der Waals surface area contributed by atoms with Crippen molar-refractivity contribution >= 4 is 23.1 Å². The number of hydrogen-bond donors (Lipinski definition) is 3. The van der Waals surface area contributed by atoms with Crippen LogP contribution in [-0.4, -0.2) is 44.4 Å². The molecule has 0 atom stereocenters. The minimum Gasteiger partial charge on any atom is -0.395 e. The molecule has 0 aliphatic heterocycles. The number of nitrogens with zero attached hydrogens (tertiary/aromatic N) is 1. The average molecular weight is 272 g/mol. The quantitative estimate of drug-likeness (QED) is 0.512. The van der Waals surface area contributed by atoms with Crippen LogP contribution >= 0.6 is 11.6 Å². The lowest BCUT2D eigenvalue weighted by atomic mass is 10.1. The number of nitrogen functional groups attached to an aromatic ring is 1. The number of aliphatic hydroxyl groups is 1. The Bertz CT molecular complexity index is 412. The molecule has 100 valence electrons. The third kappa shape index (κ3) is 3.87. The Morgan fingerprint density at radius 3 is 2.78 bits per heavy atom. The largest absolute Gasteiger partial charge is 0.395 e. The topological polar surface area (TPSA) is 82.6 Å². The Morgan fingerprint density at radius 2 is 2.22 bits per heavy atom. The molecule has 1 aromatic rings. The van der Waals surface area contributed by atoms with Crippen molar-refractivity contribution in [1.82, 2.24) is 0 Å². The van der Waals surface area contributed by atoms with Gasteiger partial charge in [-0.3, -0.25) is 5.41 Å². The molecule has 0 bridgehead atoms. The number of methoxy groups -OCH3 is 1. The van der Waals surface area contributed by atoms with E-state index in [0.29, 0.717) is 30.3 Å². The van der Waals surface area contributed by atoms with Crippen LogP contribution in [0.5, 0.6) is 0 Å². The van der Waals surface area contributed by atoms with Gasteiger partial charge in [0.1, 0.15) is 5.84 Å². The van der Waals surface area contributed by atoms with Gasteiger partial charge < -0.3 is 20.5 Å². The molecule has 0 saturated heterocycles. The molecule has 0 amide bonds. The maximum absolute atomic E-state index is 9.10. The van der Waals surface area contributed by atoms with Gasteiger partial charge in [-0.15, -0.1) is 0 Å². The molecule has 4 N–H and O–H groups in total. The molecule has 0 radical (unpaired) electrons. The fraction of sp³-hybridized carbons (Fsp3) is 0.417. The first-order valence-electron chi connectivity index (χ1n) is 5.58. The number of benzene rings is 1. The smallest absolute Gasteiger partial charge is 0.124 e. The fourth-order valence-electron chi connectivity index (χ4n) is 1.67. The first kappa shape index (κ1) is 14.8. The van der Waals surface area contributed by atoms with Gasteiger partial charge in [0.25, 0.3) is 0 Å². The van der Waals surface area contributed by atoms with E-state index in [1.54, 1.807) is 25.3 Å². The summed E-state index contributed by atoms with van der Waals surface area (Å²) in [4.78, 5) is 1.89. The second-order valence-electron chi connectivity index (χ2n) is 3.78. The molecule has 6 heteroatoms. The van der Waals surface area contributed by atoms with Crippen LogP contribution in [0.3, 0.4) is 0 Å². The Kier molecular flexibility index (Phi) is 5.91. The lowest BCUT2D eigenvalue weighted by Gasteiger charge is -2.26. The summed E-state index contributed by atoms with van der Waals surface area (Å²) in [6.45, 7) is 1.55. The average Bonchev–Trinajstić information content (AvgIpc) is 2.34. The van der Waals surface area contributed by atoms with Crippen molar-refractivity contribution in [2.75, 3.05) is 38.3 Å². The van der Waals surface area contributed by atoms with Crippen LogP contribution < -0.4 is 10.6 Å². The molecule has 0 fully saturated rings. The molecule has 0 aliphatic rings. The summed E-state index contributed by atoms with van der Waals surface area (Å²) in [6.07, 6.45) is 0. The molecule has 0 aliphatic carbocycles. The van der Waals surface area contributed by atoms with E-state index in [9.17, 15) is 0 Å². The molecule has 1 rings (SSSR count). The zero-order valence-electron chi connectivity index (χ0n) is 10.3. The summed E-state index contributed by atoms with van der Waals surface area (Å²) in [6, 6.07) is 5.13. The van der Waals surface area contributed by atoms with Crippen LogP contribution in [0.25, 0.3) is 0 Å². The van der Waals surface area contributed by atoms with Crippen molar-refractivity contribution in [3.05, 3.63) is 28.8 Å². The van der Waals surface area contributed by atoms with Crippen molar-refractivity contribution in [3.63, 3.8) is 0 Å². The Morgan fingerprint density at radius 1 is 1.50 bits per heavy atom. The molecular formula is C12H18ClN3O2. The van der Waals surface area contributed by atoms with Crippen LogP contribution in [-0.2, 0) is 4.74 Å². The Labute approximate surface area is 112 Å². The zero-order valence-corrected chi connectivity index (χ0v) is 11.1. The normalized spacial score (nSPS) is 10.4. The highest BCUT2D eigenvalue weighted by Crippen LogP contribution is 2.24. The predicted octanol–water partition coefficient (Wildman–Crippen LogP) is 1.07. The van der Waals surface area contributed by atoms with Crippen LogP contribution in [0.1, 0.15) is 5.56 Å². The number of aliphatic hydroxyl groups excluding tert-OH is 1. The third-order valence-corrected chi connectivity index (χ3v) is 2.76. The number of ether oxygens (including phenoxy) is 1. The van der Waals surface area contributed by atoms with Gasteiger partial charge >= 0.3 is 0 Å². The number of nitrogens with one attached hydrogen (secondary N) is 1. The van der Waals surface area contributed by atoms with E-state index in [4.69, 9.17) is 32.6 Å². The molecule has 0 saturated carbocycles. The minimum absolute atomic E-state index is 0.00751. The van der Waals surface area contributed by atoms with E-state index in [2.05, 4.69) is 0 Å². The van der Waals surface area contributed by atoms with Gasteiger partial charge in [-0.05, 0) is 18.2 Å². The molecule has 18 heavy (non-hydrogen) atoms. The van der Waals surface area contributed by atoms with Crippen molar-refractivity contribution in [3.8, 4) is 0 Å². The van der Waals surface area contributed by atoms with Crippen LogP contribution in [0.15, 0.2) is 18.2 Å². The van der Waals surface area contributed by atoms with E-state index >= 15 is 0 Å². The second-order valence-corrected chi connectivity index (χ2v) is 4.22. The van der Waals surface area contributed by atoms with Gasteiger partial charge in [-0.2, -0.15) is 0 Å². The van der Waals surface area contributed by atoms with Gasteiger partial charge in [0.05, 0.1) is 13.2 Å². The maximum Gasteiger partial charge on any atom is 0.124 e. The number of hydrogen-bond acceptors (Lipinski definition) is 4. The van der Waals surface area contributed by atoms with E-state index in [-0.39, 0.29) is 12.4 Å². The van der Waals surface area contributed by atoms with Crippen LogP contribution in [0.2, 0.25) is 5.02 Å². The predicted molar refractivity (Wildman–Crippen MR) is 73.6 cm³/mol. The van der Waals surface area contributed by atoms with Crippen LogP contribution in [0.4, 0.5) is 5.69 Å². The molecule has 0 heterocycles. The van der Waals surface area contributed by atoms with Gasteiger partial charge in [0, 0.05) is 36.5 Å². The van der Waals surface area contributed by atoms with Gasteiger partial charge in [-0.25, -0.2) is 0 Å². The van der Waals surface area contributed by atoms with Gasteiger partial charge in [0.2, 0.25) is 0 Å². The summed E-state index contributed by atoms with van der Waals surface area (Å²) < 4.78 is 5.03. The van der Waals surface area contributed by atoms with E-state index < -0.39 is 0 Å². The third-order valence-electron chi connectivity index (χ3n) is 2.53. The van der Waals surface area contributed by atoms with E-state index in [0.717, 1.165) is 5.69 Å². The number of rotatable bonds is 7. The number of amidine groups is 1. The first-order valence-corrected chi connectivity index (χ1v) is 5.96. The standard InChI is InChI=1S/C12H18ClN3O2/c1-18-7-5-16(4-6-17)11-8-9(13)2-3-10(11)12(14)15/h2-3,8,17H,4-7H2,1H3,(H3,14,15). The van der Waals surface area contributed by atoms with Crippen molar-refractivity contribution < 1.29 is 9.84 Å².